The van der Waals surface area contributed by atoms with Crippen LogP contribution in [0.1, 0.15) is 17.2 Å². The standard InChI is InChI=1S/C15H14BrFN2O2/c1-18-15(13-7-4-11(16)9-14(13)17)8-10-2-5-12(6-3-10)19(20)21/h2-7,9,15,18H,8H2,1H3. The molecule has 2 aromatic rings. The summed E-state index contributed by atoms with van der Waals surface area (Å²) in [6.07, 6.45) is 0.549. The Labute approximate surface area is 130 Å². The van der Waals surface area contributed by atoms with Gasteiger partial charge in [0.05, 0.1) is 4.92 Å². The Morgan fingerprint density at radius 3 is 2.48 bits per heavy atom. The number of nitro groups is 1. The predicted molar refractivity (Wildman–Crippen MR) is 82.7 cm³/mol. The van der Waals surface area contributed by atoms with Crippen LogP contribution in [0.4, 0.5) is 10.1 Å². The van der Waals surface area contributed by atoms with E-state index in [9.17, 15) is 14.5 Å². The van der Waals surface area contributed by atoms with Crippen LogP contribution < -0.4 is 5.32 Å². The van der Waals surface area contributed by atoms with Crippen LogP contribution in [-0.4, -0.2) is 12.0 Å². The van der Waals surface area contributed by atoms with Gasteiger partial charge in [-0.1, -0.05) is 34.1 Å². The highest BCUT2D eigenvalue weighted by molar-refractivity contribution is 9.10. The van der Waals surface area contributed by atoms with Gasteiger partial charge in [0, 0.05) is 28.2 Å². The molecule has 21 heavy (non-hydrogen) atoms. The molecule has 6 heteroatoms. The maximum absolute atomic E-state index is 14.0. The summed E-state index contributed by atoms with van der Waals surface area (Å²) in [4.78, 5) is 10.2. The maximum Gasteiger partial charge on any atom is 0.269 e. The third kappa shape index (κ3) is 3.86. The number of nitrogens with zero attached hydrogens (tertiary/aromatic N) is 1. The molecule has 4 nitrogen and oxygen atoms in total. The molecule has 0 amide bonds. The lowest BCUT2D eigenvalue weighted by molar-refractivity contribution is -0.384. The first-order valence-corrected chi connectivity index (χ1v) is 7.16. The topological polar surface area (TPSA) is 55.2 Å². The second-order valence-electron chi connectivity index (χ2n) is 4.63. The Morgan fingerprint density at radius 1 is 1.29 bits per heavy atom. The van der Waals surface area contributed by atoms with Gasteiger partial charge < -0.3 is 5.32 Å². The molecular formula is C15H14BrFN2O2. The zero-order valence-electron chi connectivity index (χ0n) is 11.3. The SMILES string of the molecule is CNC(Cc1ccc([N+](=O)[O-])cc1)c1ccc(Br)cc1F. The van der Waals surface area contributed by atoms with E-state index in [0.29, 0.717) is 16.5 Å². The van der Waals surface area contributed by atoms with E-state index in [1.54, 1.807) is 31.3 Å². The molecular weight excluding hydrogens is 339 g/mol. The number of nitrogens with one attached hydrogen (secondary N) is 1. The zero-order valence-corrected chi connectivity index (χ0v) is 12.9. The number of hydrogen-bond donors (Lipinski definition) is 1. The van der Waals surface area contributed by atoms with Gasteiger partial charge in [0.1, 0.15) is 5.82 Å². The number of benzene rings is 2. The van der Waals surface area contributed by atoms with Crippen molar-refractivity contribution in [2.45, 2.75) is 12.5 Å². The van der Waals surface area contributed by atoms with Crippen molar-refractivity contribution in [3.05, 3.63) is 74.0 Å². The first-order chi connectivity index (χ1) is 10.0. The summed E-state index contributed by atoms with van der Waals surface area (Å²) in [5, 5.41) is 13.7. The van der Waals surface area contributed by atoms with Crippen molar-refractivity contribution in [3.63, 3.8) is 0 Å². The number of non-ortho nitro benzene ring substituents is 1. The van der Waals surface area contributed by atoms with Gasteiger partial charge in [0.2, 0.25) is 0 Å². The van der Waals surface area contributed by atoms with E-state index >= 15 is 0 Å². The Kier molecular flexibility index (Phi) is 5.03. The zero-order chi connectivity index (χ0) is 15.4. The van der Waals surface area contributed by atoms with Crippen molar-refractivity contribution in [1.29, 1.82) is 0 Å². The van der Waals surface area contributed by atoms with Crippen molar-refractivity contribution >= 4 is 21.6 Å². The molecule has 2 aromatic carbocycles. The minimum atomic E-state index is -0.437. The van der Waals surface area contributed by atoms with Crippen molar-refractivity contribution in [3.8, 4) is 0 Å². The summed E-state index contributed by atoms with van der Waals surface area (Å²) in [6.45, 7) is 0. The quantitative estimate of drug-likeness (QED) is 0.653. The molecule has 2 rings (SSSR count). The van der Waals surface area contributed by atoms with Crippen LogP contribution in [-0.2, 0) is 6.42 Å². The highest BCUT2D eigenvalue weighted by atomic mass is 79.9. The largest absolute Gasteiger partial charge is 0.313 e. The molecule has 0 aliphatic heterocycles. The average molecular weight is 353 g/mol. The van der Waals surface area contributed by atoms with E-state index in [0.717, 1.165) is 5.56 Å². The molecule has 0 heterocycles. The number of nitro benzene ring substituents is 1. The van der Waals surface area contributed by atoms with Crippen LogP contribution in [0.15, 0.2) is 46.9 Å². The summed E-state index contributed by atoms with van der Waals surface area (Å²) in [7, 11) is 1.76. The van der Waals surface area contributed by atoms with Crippen molar-refractivity contribution < 1.29 is 9.31 Å². The number of rotatable bonds is 5. The molecule has 0 aliphatic rings. The van der Waals surface area contributed by atoms with Crippen molar-refractivity contribution in [1.82, 2.24) is 5.32 Å². The Bertz CT molecular complexity index is 647. The fourth-order valence-electron chi connectivity index (χ4n) is 2.14. The van der Waals surface area contributed by atoms with E-state index in [1.807, 2.05) is 0 Å². The van der Waals surface area contributed by atoms with E-state index in [4.69, 9.17) is 0 Å². The van der Waals surface area contributed by atoms with Crippen molar-refractivity contribution in [2.24, 2.45) is 0 Å². The summed E-state index contributed by atoms with van der Waals surface area (Å²) >= 11 is 3.23. The van der Waals surface area contributed by atoms with Crippen LogP contribution in [0.3, 0.4) is 0 Å². The molecule has 1 unspecified atom stereocenters. The van der Waals surface area contributed by atoms with Crippen molar-refractivity contribution in [2.75, 3.05) is 7.05 Å². The summed E-state index contributed by atoms with van der Waals surface area (Å²) in [6, 6.07) is 11.1. The Morgan fingerprint density at radius 2 is 1.95 bits per heavy atom. The highest BCUT2D eigenvalue weighted by Gasteiger charge is 2.15. The van der Waals surface area contributed by atoms with Crippen LogP contribution in [0.5, 0.6) is 0 Å². The normalized spacial score (nSPS) is 12.1. The first kappa shape index (κ1) is 15.6. The second-order valence-corrected chi connectivity index (χ2v) is 5.55. The molecule has 0 saturated carbocycles. The van der Waals surface area contributed by atoms with Gasteiger partial charge in [0.15, 0.2) is 0 Å². The average Bonchev–Trinajstić information content (AvgIpc) is 2.46. The van der Waals surface area contributed by atoms with Crippen LogP contribution in [0, 0.1) is 15.9 Å². The third-order valence-corrected chi connectivity index (χ3v) is 3.77. The monoisotopic (exact) mass is 352 g/mol. The minimum absolute atomic E-state index is 0.0505. The van der Waals surface area contributed by atoms with Crippen LogP contribution in [0.2, 0.25) is 0 Å². The van der Waals surface area contributed by atoms with Crippen LogP contribution in [0.25, 0.3) is 0 Å². The molecule has 0 radical (unpaired) electrons. The molecule has 0 bridgehead atoms. The minimum Gasteiger partial charge on any atom is -0.313 e. The number of halogens is 2. The fraction of sp³-hybridized carbons (Fsp3) is 0.200. The lowest BCUT2D eigenvalue weighted by Crippen LogP contribution is -2.20. The summed E-state index contributed by atoms with van der Waals surface area (Å²) in [5.41, 5.74) is 1.52. The number of hydrogen-bond acceptors (Lipinski definition) is 3. The molecule has 110 valence electrons. The Balaban J connectivity index is 2.20. The lowest BCUT2D eigenvalue weighted by atomic mass is 9.98. The van der Waals surface area contributed by atoms with Gasteiger partial charge in [-0.25, -0.2) is 4.39 Å². The smallest absolute Gasteiger partial charge is 0.269 e. The molecule has 1 N–H and O–H groups in total. The lowest BCUT2D eigenvalue weighted by Gasteiger charge is -2.17. The fourth-order valence-corrected chi connectivity index (χ4v) is 2.47. The Hall–Kier alpha value is -1.79. The second kappa shape index (κ2) is 6.78. The number of likely N-dealkylation sites (N-methyl/N-ethyl adjacent to an activating group) is 1. The van der Waals surface area contributed by atoms with E-state index < -0.39 is 4.92 Å². The molecule has 0 aromatic heterocycles. The molecule has 0 fully saturated rings. The first-order valence-electron chi connectivity index (χ1n) is 6.37. The van der Waals surface area contributed by atoms with E-state index in [-0.39, 0.29) is 17.5 Å². The predicted octanol–water partition coefficient (Wildman–Crippen LogP) is 4.00. The maximum atomic E-state index is 14.0. The summed E-state index contributed by atoms with van der Waals surface area (Å²) in [5.74, 6) is -0.286. The molecule has 0 aliphatic carbocycles. The van der Waals surface area contributed by atoms with Gasteiger partial charge in [-0.3, -0.25) is 10.1 Å². The van der Waals surface area contributed by atoms with Gasteiger partial charge in [-0.15, -0.1) is 0 Å². The van der Waals surface area contributed by atoms with Gasteiger partial charge in [-0.05, 0) is 31.2 Å². The van der Waals surface area contributed by atoms with Gasteiger partial charge >= 0.3 is 0 Å². The van der Waals surface area contributed by atoms with Gasteiger partial charge in [0.25, 0.3) is 5.69 Å². The van der Waals surface area contributed by atoms with E-state index in [2.05, 4.69) is 21.2 Å². The molecule has 0 spiro atoms. The van der Waals surface area contributed by atoms with E-state index in [1.165, 1.54) is 18.2 Å². The van der Waals surface area contributed by atoms with Gasteiger partial charge in [-0.2, -0.15) is 0 Å². The molecule has 1 atom stereocenters. The van der Waals surface area contributed by atoms with Crippen LogP contribution >= 0.6 is 15.9 Å². The third-order valence-electron chi connectivity index (χ3n) is 3.27. The highest BCUT2D eigenvalue weighted by Crippen LogP contribution is 2.24. The summed E-state index contributed by atoms with van der Waals surface area (Å²) < 4.78 is 14.7. The molecule has 0 saturated heterocycles.